The normalized spacial score (nSPS) is 16.7. The highest BCUT2D eigenvalue weighted by atomic mass is 35.5. The third kappa shape index (κ3) is 4.66. The van der Waals surface area contributed by atoms with Gasteiger partial charge >= 0.3 is 12.0 Å². The molecule has 1 aliphatic rings. The minimum atomic E-state index is -0.717. The Balaban J connectivity index is 2.60. The first kappa shape index (κ1) is 20.9. The molecule has 1 atom stereocenters. The van der Waals surface area contributed by atoms with Gasteiger partial charge in [0.2, 0.25) is 0 Å². The summed E-state index contributed by atoms with van der Waals surface area (Å²) in [5, 5.41) is 5.75. The molecule has 0 saturated carbocycles. The van der Waals surface area contributed by atoms with Crippen LogP contribution in [0.3, 0.4) is 0 Å². The summed E-state index contributed by atoms with van der Waals surface area (Å²) >= 11 is 6.44. The summed E-state index contributed by atoms with van der Waals surface area (Å²) in [6, 6.07) is 2.26. The number of hydrogen-bond acceptors (Lipinski definition) is 5. The molecule has 0 bridgehead atoms. The Bertz CT molecular complexity index is 761. The molecule has 1 aromatic rings. The van der Waals surface area contributed by atoms with Gasteiger partial charge in [-0.25, -0.2) is 9.59 Å². The molecule has 7 nitrogen and oxygen atoms in total. The number of carbonyl (C=O) groups excluding carboxylic acids is 2. The lowest BCUT2D eigenvalue weighted by Crippen LogP contribution is -2.45. The van der Waals surface area contributed by atoms with E-state index in [1.54, 1.807) is 12.1 Å². The van der Waals surface area contributed by atoms with E-state index in [1.165, 1.54) is 7.11 Å². The van der Waals surface area contributed by atoms with Crippen LogP contribution in [-0.4, -0.2) is 31.8 Å². The summed E-state index contributed by atoms with van der Waals surface area (Å²) in [6.45, 7) is 7.88. The second-order valence-corrected chi connectivity index (χ2v) is 6.61. The van der Waals surface area contributed by atoms with Crippen LogP contribution in [0, 0.1) is 0 Å². The summed E-state index contributed by atoms with van der Waals surface area (Å²) < 4.78 is 16.4. The van der Waals surface area contributed by atoms with E-state index in [0.717, 1.165) is 0 Å². The van der Waals surface area contributed by atoms with Gasteiger partial charge in [0, 0.05) is 5.70 Å². The second-order valence-electron chi connectivity index (χ2n) is 6.20. The molecule has 0 radical (unpaired) electrons. The van der Waals surface area contributed by atoms with Gasteiger partial charge in [-0.1, -0.05) is 18.5 Å². The van der Waals surface area contributed by atoms with Crippen molar-refractivity contribution in [2.75, 3.05) is 13.7 Å². The summed E-state index contributed by atoms with van der Waals surface area (Å²) in [4.78, 5) is 24.5. The molecular weight excluding hydrogens is 372 g/mol. The first-order valence-corrected chi connectivity index (χ1v) is 9.21. The van der Waals surface area contributed by atoms with Crippen molar-refractivity contribution in [3.05, 3.63) is 34.0 Å². The van der Waals surface area contributed by atoms with Crippen LogP contribution in [0.15, 0.2) is 23.4 Å². The quantitative estimate of drug-likeness (QED) is 0.686. The van der Waals surface area contributed by atoms with Crippen molar-refractivity contribution in [1.82, 2.24) is 10.6 Å². The number of rotatable bonds is 7. The Morgan fingerprint density at radius 2 is 2.00 bits per heavy atom. The van der Waals surface area contributed by atoms with Crippen molar-refractivity contribution < 1.29 is 23.8 Å². The fraction of sp³-hybridized carbons (Fsp3) is 0.474. The zero-order valence-electron chi connectivity index (χ0n) is 16.1. The van der Waals surface area contributed by atoms with Crippen LogP contribution in [0.5, 0.6) is 11.5 Å². The number of amides is 2. The first-order valence-electron chi connectivity index (χ1n) is 8.84. The van der Waals surface area contributed by atoms with Gasteiger partial charge in [0.15, 0.2) is 11.5 Å². The Labute approximate surface area is 164 Å². The van der Waals surface area contributed by atoms with Gasteiger partial charge in [-0.15, -0.1) is 0 Å². The van der Waals surface area contributed by atoms with Gasteiger partial charge in [0.05, 0.1) is 36.5 Å². The maximum atomic E-state index is 12.4. The molecule has 0 saturated heterocycles. The van der Waals surface area contributed by atoms with E-state index in [9.17, 15) is 9.59 Å². The zero-order valence-corrected chi connectivity index (χ0v) is 16.9. The molecule has 2 N–H and O–H groups in total. The molecule has 8 heteroatoms. The summed E-state index contributed by atoms with van der Waals surface area (Å²) in [7, 11) is 1.30. The lowest BCUT2D eigenvalue weighted by Gasteiger charge is -2.29. The Morgan fingerprint density at radius 3 is 2.56 bits per heavy atom. The molecular formula is C19H25ClN2O5. The molecule has 1 aromatic carbocycles. The molecule has 2 amide bonds. The number of halogens is 1. The zero-order chi connectivity index (χ0) is 20.1. The fourth-order valence-corrected chi connectivity index (χ4v) is 3.13. The molecule has 2 rings (SSSR count). The number of carbonyl (C=O) groups is 2. The van der Waals surface area contributed by atoms with E-state index in [2.05, 4.69) is 10.6 Å². The SMILES string of the molecule is CCOc1cc(C2NC(=O)NC(CC)=C2C(=O)OC)cc(Cl)c1OC(C)C. The van der Waals surface area contributed by atoms with E-state index < -0.39 is 18.0 Å². The van der Waals surface area contributed by atoms with Crippen molar-refractivity contribution in [3.63, 3.8) is 0 Å². The van der Waals surface area contributed by atoms with Gasteiger partial charge in [-0.3, -0.25) is 0 Å². The van der Waals surface area contributed by atoms with E-state index in [1.807, 2.05) is 27.7 Å². The van der Waals surface area contributed by atoms with Crippen molar-refractivity contribution in [2.24, 2.45) is 0 Å². The maximum Gasteiger partial charge on any atom is 0.337 e. The number of allylic oxidation sites excluding steroid dienone is 1. The lowest BCUT2D eigenvalue weighted by atomic mass is 9.94. The Hall–Kier alpha value is -2.41. The Morgan fingerprint density at radius 1 is 1.30 bits per heavy atom. The number of nitrogens with one attached hydrogen (secondary N) is 2. The van der Waals surface area contributed by atoms with Crippen LogP contribution >= 0.6 is 11.6 Å². The van der Waals surface area contributed by atoms with Crippen LogP contribution in [0.25, 0.3) is 0 Å². The summed E-state index contributed by atoms with van der Waals surface area (Å²) in [5.41, 5.74) is 1.43. The Kier molecular flexibility index (Phi) is 6.96. The largest absolute Gasteiger partial charge is 0.490 e. The third-order valence-corrected chi connectivity index (χ3v) is 4.21. The van der Waals surface area contributed by atoms with Gasteiger partial charge in [0.1, 0.15) is 0 Å². The van der Waals surface area contributed by atoms with E-state index in [4.69, 9.17) is 25.8 Å². The van der Waals surface area contributed by atoms with Gasteiger partial charge < -0.3 is 24.8 Å². The van der Waals surface area contributed by atoms with Crippen molar-refractivity contribution in [2.45, 2.75) is 46.3 Å². The number of esters is 1. The minimum absolute atomic E-state index is 0.0941. The molecule has 0 aromatic heterocycles. The van der Waals surface area contributed by atoms with Crippen molar-refractivity contribution in [1.29, 1.82) is 0 Å². The lowest BCUT2D eigenvalue weighted by molar-refractivity contribution is -0.136. The van der Waals surface area contributed by atoms with Crippen LogP contribution in [0.2, 0.25) is 5.02 Å². The molecule has 1 unspecified atom stereocenters. The standard InChI is InChI=1S/C19H25ClN2O5/c1-6-13-15(18(23)25-5)16(22-19(24)21-13)11-8-12(20)17(27-10(3)4)14(9-11)26-7-2/h8-10,16H,6-7H2,1-5H3,(H2,21,22,24). The van der Waals surface area contributed by atoms with Gasteiger partial charge in [-0.05, 0) is 44.9 Å². The number of methoxy groups -OCH3 is 1. The van der Waals surface area contributed by atoms with Crippen LogP contribution in [0.4, 0.5) is 4.79 Å². The molecule has 0 aliphatic carbocycles. The number of benzene rings is 1. The monoisotopic (exact) mass is 396 g/mol. The first-order chi connectivity index (χ1) is 12.8. The number of urea groups is 1. The molecule has 0 fully saturated rings. The third-order valence-electron chi connectivity index (χ3n) is 3.93. The van der Waals surface area contributed by atoms with E-state index in [-0.39, 0.29) is 6.10 Å². The van der Waals surface area contributed by atoms with E-state index in [0.29, 0.717) is 46.4 Å². The molecule has 148 valence electrons. The van der Waals surface area contributed by atoms with Crippen molar-refractivity contribution >= 4 is 23.6 Å². The maximum absolute atomic E-state index is 12.4. The highest BCUT2D eigenvalue weighted by Gasteiger charge is 2.34. The number of hydrogen-bond donors (Lipinski definition) is 2. The molecule has 0 spiro atoms. The summed E-state index contributed by atoms with van der Waals surface area (Å²) in [6.07, 6.45) is 0.373. The average molecular weight is 397 g/mol. The van der Waals surface area contributed by atoms with E-state index >= 15 is 0 Å². The highest BCUT2D eigenvalue weighted by molar-refractivity contribution is 6.32. The topological polar surface area (TPSA) is 85.9 Å². The summed E-state index contributed by atoms with van der Waals surface area (Å²) in [5.74, 6) is 0.349. The van der Waals surface area contributed by atoms with Crippen LogP contribution in [-0.2, 0) is 9.53 Å². The minimum Gasteiger partial charge on any atom is -0.490 e. The molecule has 1 heterocycles. The van der Waals surface area contributed by atoms with Gasteiger partial charge in [-0.2, -0.15) is 0 Å². The van der Waals surface area contributed by atoms with Crippen molar-refractivity contribution in [3.8, 4) is 11.5 Å². The smallest absolute Gasteiger partial charge is 0.337 e. The number of ether oxygens (including phenoxy) is 3. The second kappa shape index (κ2) is 8.99. The van der Waals surface area contributed by atoms with Gasteiger partial charge in [0.25, 0.3) is 0 Å². The van der Waals surface area contributed by atoms with Crippen LogP contribution < -0.4 is 20.1 Å². The van der Waals surface area contributed by atoms with Crippen LogP contribution in [0.1, 0.15) is 45.7 Å². The molecule has 1 aliphatic heterocycles. The predicted octanol–water partition coefficient (Wildman–Crippen LogP) is 3.72. The highest BCUT2D eigenvalue weighted by Crippen LogP contribution is 2.41. The predicted molar refractivity (Wildman–Crippen MR) is 102 cm³/mol. The molecule has 27 heavy (non-hydrogen) atoms. The fourth-order valence-electron chi connectivity index (χ4n) is 2.87. The average Bonchev–Trinajstić information content (AvgIpc) is 2.62.